The highest BCUT2D eigenvalue weighted by Crippen LogP contribution is 2.24. The van der Waals surface area contributed by atoms with Gasteiger partial charge in [-0.05, 0) is 46.8 Å². The first-order chi connectivity index (χ1) is 12.2. The van der Waals surface area contributed by atoms with Crippen LogP contribution in [0.25, 0.3) is 21.7 Å². The van der Waals surface area contributed by atoms with Gasteiger partial charge in [0.15, 0.2) is 0 Å². The largest absolute Gasteiger partial charge is 0.384 e. The lowest BCUT2D eigenvalue weighted by Gasteiger charge is -2.10. The van der Waals surface area contributed by atoms with Gasteiger partial charge in [0.25, 0.3) is 0 Å². The third-order valence-corrected chi connectivity index (χ3v) is 4.80. The summed E-state index contributed by atoms with van der Waals surface area (Å²) >= 11 is 0. The van der Waals surface area contributed by atoms with E-state index in [0.717, 1.165) is 12.1 Å². The van der Waals surface area contributed by atoms with Crippen molar-refractivity contribution in [2.24, 2.45) is 10.7 Å². The molecule has 0 amide bonds. The van der Waals surface area contributed by atoms with Gasteiger partial charge in [0, 0.05) is 30.4 Å². The normalized spacial score (nSPS) is 12.2. The second-order valence-electron chi connectivity index (χ2n) is 6.44. The van der Waals surface area contributed by atoms with Crippen LogP contribution in [0.4, 0.5) is 0 Å². The summed E-state index contributed by atoms with van der Waals surface area (Å²) in [5.41, 5.74) is 10.7. The first kappa shape index (κ1) is 15.5. The highest BCUT2D eigenvalue weighted by Gasteiger charge is 2.09. The maximum absolute atomic E-state index is 6.00. The van der Waals surface area contributed by atoms with Crippen LogP contribution in [-0.4, -0.2) is 17.5 Å². The lowest BCUT2D eigenvalue weighted by Crippen LogP contribution is -2.13. The van der Waals surface area contributed by atoms with E-state index in [9.17, 15) is 0 Å². The summed E-state index contributed by atoms with van der Waals surface area (Å²) in [4.78, 5) is 4.11. The van der Waals surface area contributed by atoms with Gasteiger partial charge in [-0.2, -0.15) is 0 Å². The van der Waals surface area contributed by atoms with Gasteiger partial charge in [-0.3, -0.25) is 4.99 Å². The van der Waals surface area contributed by atoms with Gasteiger partial charge in [-0.15, -0.1) is 0 Å². The molecule has 4 aromatic rings. The summed E-state index contributed by atoms with van der Waals surface area (Å²) in [6, 6.07) is 23.6. The minimum absolute atomic E-state index is 0.568. The Morgan fingerprint density at radius 2 is 1.68 bits per heavy atom. The molecular formula is C22H21N3. The van der Waals surface area contributed by atoms with E-state index in [0.29, 0.717) is 5.84 Å². The molecule has 0 radical (unpaired) electrons. The monoisotopic (exact) mass is 327 g/mol. The molecule has 1 heterocycles. The number of hydrogen-bond donors (Lipinski definition) is 1. The fourth-order valence-electron chi connectivity index (χ4n) is 3.41. The zero-order valence-corrected chi connectivity index (χ0v) is 14.5. The van der Waals surface area contributed by atoms with E-state index in [4.69, 9.17) is 5.73 Å². The Balaban J connectivity index is 1.80. The quantitative estimate of drug-likeness (QED) is 0.437. The van der Waals surface area contributed by atoms with Crippen LogP contribution in [0.2, 0.25) is 0 Å². The van der Waals surface area contributed by atoms with Crippen molar-refractivity contribution in [1.29, 1.82) is 0 Å². The summed E-state index contributed by atoms with van der Waals surface area (Å²) in [6.45, 7) is 2.99. The van der Waals surface area contributed by atoms with Crippen LogP contribution in [0.3, 0.4) is 0 Å². The lowest BCUT2D eigenvalue weighted by molar-refractivity contribution is 0.806. The van der Waals surface area contributed by atoms with E-state index in [2.05, 4.69) is 77.1 Å². The third-order valence-electron chi connectivity index (χ3n) is 4.80. The minimum Gasteiger partial charge on any atom is -0.384 e. The zero-order valence-electron chi connectivity index (χ0n) is 14.5. The van der Waals surface area contributed by atoms with Gasteiger partial charge < -0.3 is 10.3 Å². The second-order valence-corrected chi connectivity index (χ2v) is 6.44. The molecule has 3 nitrogen and oxygen atoms in total. The molecule has 124 valence electrons. The zero-order chi connectivity index (χ0) is 17.4. The van der Waals surface area contributed by atoms with Gasteiger partial charge in [0.2, 0.25) is 0 Å². The summed E-state index contributed by atoms with van der Waals surface area (Å²) in [5, 5.41) is 3.78. The van der Waals surface area contributed by atoms with Crippen LogP contribution in [-0.2, 0) is 6.54 Å². The number of rotatable bonds is 3. The van der Waals surface area contributed by atoms with Gasteiger partial charge in [-0.25, -0.2) is 0 Å². The van der Waals surface area contributed by atoms with E-state index in [1.807, 2.05) is 6.07 Å². The standard InChI is InChI=1S/C22H21N3/c1-15-11-19-9-10-20(22(23)24-2)13-21(19)25(15)14-16-7-8-17-5-3-4-6-18(17)12-16/h3-13H,14H2,1-2H3,(H2,23,24). The summed E-state index contributed by atoms with van der Waals surface area (Å²) < 4.78 is 2.34. The molecular weight excluding hydrogens is 306 g/mol. The fraction of sp³-hybridized carbons (Fsp3) is 0.136. The van der Waals surface area contributed by atoms with Crippen LogP contribution in [0.5, 0.6) is 0 Å². The van der Waals surface area contributed by atoms with Gasteiger partial charge in [0.1, 0.15) is 5.84 Å². The molecule has 0 aliphatic heterocycles. The maximum Gasteiger partial charge on any atom is 0.125 e. The molecule has 3 heteroatoms. The first-order valence-corrected chi connectivity index (χ1v) is 8.46. The Labute approximate surface area is 147 Å². The number of nitrogens with zero attached hydrogens (tertiary/aromatic N) is 2. The SMILES string of the molecule is CN=C(N)c1ccc2cc(C)n(Cc3ccc4ccccc4c3)c2c1. The Morgan fingerprint density at radius 1 is 0.920 bits per heavy atom. The predicted molar refractivity (Wildman–Crippen MR) is 106 cm³/mol. The highest BCUT2D eigenvalue weighted by atomic mass is 15.0. The number of nitrogens with two attached hydrogens (primary N) is 1. The molecule has 25 heavy (non-hydrogen) atoms. The summed E-state index contributed by atoms with van der Waals surface area (Å²) in [5.74, 6) is 0.568. The molecule has 0 fully saturated rings. The number of aromatic nitrogens is 1. The molecule has 0 saturated heterocycles. The van der Waals surface area contributed by atoms with Crippen molar-refractivity contribution in [3.05, 3.63) is 83.6 Å². The fourth-order valence-corrected chi connectivity index (χ4v) is 3.41. The number of fused-ring (bicyclic) bond motifs is 2. The molecule has 0 unspecified atom stereocenters. The van der Waals surface area contributed by atoms with Crippen molar-refractivity contribution in [3.8, 4) is 0 Å². The molecule has 0 aliphatic carbocycles. The van der Waals surface area contributed by atoms with Crippen molar-refractivity contribution in [2.75, 3.05) is 7.05 Å². The van der Waals surface area contributed by atoms with Crippen LogP contribution in [0.15, 0.2) is 71.7 Å². The number of amidine groups is 1. The van der Waals surface area contributed by atoms with E-state index < -0.39 is 0 Å². The predicted octanol–water partition coefficient (Wildman–Crippen LogP) is 4.49. The van der Waals surface area contributed by atoms with Gasteiger partial charge in [-0.1, -0.05) is 48.5 Å². The van der Waals surface area contributed by atoms with E-state index >= 15 is 0 Å². The minimum atomic E-state index is 0.568. The molecule has 0 bridgehead atoms. The third kappa shape index (κ3) is 2.78. The summed E-state index contributed by atoms with van der Waals surface area (Å²) in [7, 11) is 1.72. The Kier molecular flexibility index (Phi) is 3.77. The molecule has 0 atom stereocenters. The maximum atomic E-state index is 6.00. The molecule has 0 saturated carbocycles. The molecule has 2 N–H and O–H groups in total. The van der Waals surface area contributed by atoms with Crippen molar-refractivity contribution in [2.45, 2.75) is 13.5 Å². The molecule has 4 rings (SSSR count). The van der Waals surface area contributed by atoms with Crippen LogP contribution >= 0.6 is 0 Å². The van der Waals surface area contributed by atoms with Crippen molar-refractivity contribution < 1.29 is 0 Å². The van der Waals surface area contributed by atoms with E-state index in [1.165, 1.54) is 32.9 Å². The van der Waals surface area contributed by atoms with E-state index in [-0.39, 0.29) is 0 Å². The first-order valence-electron chi connectivity index (χ1n) is 8.46. The molecule has 0 spiro atoms. The number of hydrogen-bond acceptors (Lipinski definition) is 1. The van der Waals surface area contributed by atoms with Gasteiger partial charge >= 0.3 is 0 Å². The Hall–Kier alpha value is -3.07. The molecule has 1 aromatic heterocycles. The van der Waals surface area contributed by atoms with Crippen molar-refractivity contribution >= 4 is 27.5 Å². The second kappa shape index (κ2) is 6.10. The average Bonchev–Trinajstić information content (AvgIpc) is 2.95. The van der Waals surface area contributed by atoms with Crippen molar-refractivity contribution in [1.82, 2.24) is 4.57 Å². The average molecular weight is 327 g/mol. The smallest absolute Gasteiger partial charge is 0.125 e. The number of aryl methyl sites for hydroxylation is 1. The van der Waals surface area contributed by atoms with Crippen LogP contribution in [0.1, 0.15) is 16.8 Å². The van der Waals surface area contributed by atoms with Crippen LogP contribution < -0.4 is 5.73 Å². The number of benzene rings is 3. The highest BCUT2D eigenvalue weighted by molar-refractivity contribution is 6.00. The van der Waals surface area contributed by atoms with E-state index in [1.54, 1.807) is 7.05 Å². The van der Waals surface area contributed by atoms with Gasteiger partial charge in [0.05, 0.1) is 0 Å². The Bertz CT molecular complexity index is 1100. The Morgan fingerprint density at radius 3 is 2.48 bits per heavy atom. The molecule has 3 aromatic carbocycles. The van der Waals surface area contributed by atoms with Crippen LogP contribution in [0, 0.1) is 6.92 Å². The summed E-state index contributed by atoms with van der Waals surface area (Å²) in [6.07, 6.45) is 0. The molecule has 0 aliphatic rings. The topological polar surface area (TPSA) is 43.3 Å². The lowest BCUT2D eigenvalue weighted by atomic mass is 10.1. The van der Waals surface area contributed by atoms with Crippen molar-refractivity contribution in [3.63, 3.8) is 0 Å². The number of aliphatic imine (C=N–C) groups is 1.